The van der Waals surface area contributed by atoms with Gasteiger partial charge >= 0.3 is 0 Å². The highest BCUT2D eigenvalue weighted by Gasteiger charge is 2.29. The van der Waals surface area contributed by atoms with E-state index in [-0.39, 0.29) is 6.04 Å². The van der Waals surface area contributed by atoms with Crippen LogP contribution in [0.3, 0.4) is 0 Å². The Morgan fingerprint density at radius 3 is 2.07 bits per heavy atom. The summed E-state index contributed by atoms with van der Waals surface area (Å²) in [6.07, 6.45) is 0. The number of piperazine rings is 1. The fourth-order valence-electron chi connectivity index (χ4n) is 4.01. The monoisotopic (exact) mass is 408 g/mol. The summed E-state index contributed by atoms with van der Waals surface area (Å²) in [4.78, 5) is 4.78. The number of hydrogen-bond acceptors (Lipinski definition) is 4. The summed E-state index contributed by atoms with van der Waals surface area (Å²) in [6, 6.07) is 23.6. The fraction of sp³-hybridized carbons (Fsp3) is 0.250. The lowest BCUT2D eigenvalue weighted by Crippen LogP contribution is -2.48. The molecule has 3 aromatic carbocycles. The van der Waals surface area contributed by atoms with Crippen LogP contribution in [0.1, 0.15) is 17.2 Å². The highest BCUT2D eigenvalue weighted by molar-refractivity contribution is 6.31. The first-order valence-electron chi connectivity index (χ1n) is 9.83. The van der Waals surface area contributed by atoms with Crippen LogP contribution < -0.4 is 9.64 Å². The zero-order valence-electron chi connectivity index (χ0n) is 16.5. The van der Waals surface area contributed by atoms with Crippen molar-refractivity contribution in [1.82, 2.24) is 4.90 Å². The van der Waals surface area contributed by atoms with Gasteiger partial charge in [-0.3, -0.25) is 4.90 Å². The van der Waals surface area contributed by atoms with Gasteiger partial charge in [0, 0.05) is 42.5 Å². The summed E-state index contributed by atoms with van der Waals surface area (Å²) in [5, 5.41) is 11.3. The van der Waals surface area contributed by atoms with E-state index in [4.69, 9.17) is 16.3 Å². The van der Waals surface area contributed by atoms with Gasteiger partial charge in [-0.05, 0) is 42.0 Å². The van der Waals surface area contributed by atoms with Gasteiger partial charge in [0.05, 0.1) is 13.2 Å². The molecule has 1 N–H and O–H groups in total. The van der Waals surface area contributed by atoms with Crippen LogP contribution in [-0.4, -0.2) is 43.3 Å². The smallest absolute Gasteiger partial charge is 0.120 e. The number of methoxy groups -OCH3 is 1. The number of rotatable bonds is 5. The molecule has 1 fully saturated rings. The largest absolute Gasteiger partial charge is 0.508 e. The predicted molar refractivity (Wildman–Crippen MR) is 118 cm³/mol. The zero-order chi connectivity index (χ0) is 20.2. The maximum Gasteiger partial charge on any atom is 0.120 e. The summed E-state index contributed by atoms with van der Waals surface area (Å²) < 4.78 is 5.26. The first-order chi connectivity index (χ1) is 14.2. The third-order valence-corrected chi connectivity index (χ3v) is 5.89. The average molecular weight is 409 g/mol. The van der Waals surface area contributed by atoms with Crippen LogP contribution in [0.5, 0.6) is 11.5 Å². The first-order valence-corrected chi connectivity index (χ1v) is 10.2. The van der Waals surface area contributed by atoms with E-state index in [0.29, 0.717) is 5.75 Å². The number of halogens is 1. The van der Waals surface area contributed by atoms with Crippen LogP contribution in [0, 0.1) is 0 Å². The molecule has 1 unspecified atom stereocenters. The molecule has 1 saturated heterocycles. The summed E-state index contributed by atoms with van der Waals surface area (Å²) in [7, 11) is 1.68. The zero-order valence-corrected chi connectivity index (χ0v) is 17.2. The van der Waals surface area contributed by atoms with E-state index in [1.54, 1.807) is 13.2 Å². The Morgan fingerprint density at radius 2 is 1.45 bits per heavy atom. The molecule has 0 aliphatic carbocycles. The Kier molecular flexibility index (Phi) is 5.93. The topological polar surface area (TPSA) is 35.9 Å². The molecule has 0 bridgehead atoms. The van der Waals surface area contributed by atoms with Crippen LogP contribution in [0.25, 0.3) is 0 Å². The van der Waals surface area contributed by atoms with Gasteiger partial charge in [-0.2, -0.15) is 0 Å². The number of nitrogens with zero attached hydrogens (tertiary/aromatic N) is 2. The maximum absolute atomic E-state index is 10.6. The third-order valence-electron chi connectivity index (χ3n) is 5.55. The van der Waals surface area contributed by atoms with Crippen molar-refractivity contribution in [1.29, 1.82) is 0 Å². The molecule has 150 valence electrons. The Balaban J connectivity index is 1.58. The van der Waals surface area contributed by atoms with Crippen molar-refractivity contribution in [3.05, 3.63) is 88.9 Å². The van der Waals surface area contributed by atoms with Gasteiger partial charge in [-0.25, -0.2) is 0 Å². The van der Waals surface area contributed by atoms with Gasteiger partial charge < -0.3 is 14.7 Å². The standard InChI is InChI=1S/C24H25ClN2O2/c1-29-19-12-10-18(11-13-19)26-14-16-27(17-15-26)24(20-6-2-4-8-22(20)25)21-7-3-5-9-23(21)28/h2-13,24,28H,14-17H2,1H3. The molecule has 0 amide bonds. The van der Waals surface area contributed by atoms with Crippen LogP contribution in [0.4, 0.5) is 5.69 Å². The molecule has 0 aromatic heterocycles. The number of para-hydroxylation sites is 1. The van der Waals surface area contributed by atoms with Crippen molar-refractivity contribution in [2.45, 2.75) is 6.04 Å². The summed E-state index contributed by atoms with van der Waals surface area (Å²) >= 11 is 6.56. The van der Waals surface area contributed by atoms with E-state index in [1.165, 1.54) is 5.69 Å². The minimum absolute atomic E-state index is 0.0806. The van der Waals surface area contributed by atoms with Crippen molar-refractivity contribution in [3.63, 3.8) is 0 Å². The molecular weight excluding hydrogens is 384 g/mol. The lowest BCUT2D eigenvalue weighted by molar-refractivity contribution is 0.209. The molecular formula is C24H25ClN2O2. The Hall–Kier alpha value is -2.69. The van der Waals surface area contributed by atoms with Crippen LogP contribution in [-0.2, 0) is 0 Å². The van der Waals surface area contributed by atoms with E-state index >= 15 is 0 Å². The molecule has 1 heterocycles. The lowest BCUT2D eigenvalue weighted by Gasteiger charge is -2.41. The molecule has 29 heavy (non-hydrogen) atoms. The molecule has 0 saturated carbocycles. The molecule has 1 atom stereocenters. The van der Waals surface area contributed by atoms with Gasteiger partial charge in [0.15, 0.2) is 0 Å². The number of phenolic OH excluding ortho intramolecular Hbond substituents is 1. The van der Waals surface area contributed by atoms with Crippen LogP contribution >= 0.6 is 11.6 Å². The Bertz CT molecular complexity index is 908. The van der Waals surface area contributed by atoms with Gasteiger partial charge in [0.25, 0.3) is 0 Å². The normalized spacial score (nSPS) is 15.9. The SMILES string of the molecule is COc1ccc(N2CCN(C(c3ccccc3O)c3ccccc3Cl)CC2)cc1. The predicted octanol–water partition coefficient (Wildman–Crippen LogP) is 4.97. The number of benzene rings is 3. The van der Waals surface area contributed by atoms with Crippen LogP contribution in [0.2, 0.25) is 5.02 Å². The maximum atomic E-state index is 10.6. The summed E-state index contributed by atoms with van der Waals surface area (Å²) in [5.74, 6) is 1.17. The summed E-state index contributed by atoms with van der Waals surface area (Å²) in [6.45, 7) is 3.55. The fourth-order valence-corrected chi connectivity index (χ4v) is 4.25. The quantitative estimate of drug-likeness (QED) is 0.646. The molecule has 0 radical (unpaired) electrons. The van der Waals surface area contributed by atoms with Crippen molar-refractivity contribution >= 4 is 17.3 Å². The number of phenols is 1. The average Bonchev–Trinajstić information content (AvgIpc) is 2.77. The number of anilines is 1. The molecule has 0 spiro atoms. The minimum Gasteiger partial charge on any atom is -0.508 e. The first kappa shape index (κ1) is 19.6. The van der Waals surface area contributed by atoms with Crippen LogP contribution in [0.15, 0.2) is 72.8 Å². The molecule has 4 nitrogen and oxygen atoms in total. The Labute approximate surface area is 176 Å². The van der Waals surface area contributed by atoms with Crippen molar-refractivity contribution in [3.8, 4) is 11.5 Å². The van der Waals surface area contributed by atoms with E-state index in [0.717, 1.165) is 48.1 Å². The van der Waals surface area contributed by atoms with E-state index in [9.17, 15) is 5.11 Å². The lowest BCUT2D eigenvalue weighted by atomic mass is 9.95. The molecule has 4 rings (SSSR count). The van der Waals surface area contributed by atoms with E-state index < -0.39 is 0 Å². The molecule has 3 aromatic rings. The van der Waals surface area contributed by atoms with Crippen molar-refractivity contribution in [2.24, 2.45) is 0 Å². The van der Waals surface area contributed by atoms with E-state index in [1.807, 2.05) is 48.5 Å². The minimum atomic E-state index is -0.0806. The second-order valence-electron chi connectivity index (χ2n) is 7.20. The molecule has 1 aliphatic heterocycles. The van der Waals surface area contributed by atoms with Crippen molar-refractivity contribution < 1.29 is 9.84 Å². The van der Waals surface area contributed by atoms with Crippen molar-refractivity contribution in [2.75, 3.05) is 38.2 Å². The summed E-state index contributed by atoms with van der Waals surface area (Å²) in [5.41, 5.74) is 3.11. The third kappa shape index (κ3) is 4.19. The highest BCUT2D eigenvalue weighted by Crippen LogP contribution is 2.38. The van der Waals surface area contributed by atoms with Gasteiger partial charge in [0.2, 0.25) is 0 Å². The van der Waals surface area contributed by atoms with Gasteiger partial charge in [0.1, 0.15) is 11.5 Å². The second kappa shape index (κ2) is 8.76. The molecule has 1 aliphatic rings. The number of hydrogen-bond donors (Lipinski definition) is 1. The highest BCUT2D eigenvalue weighted by atomic mass is 35.5. The Morgan fingerprint density at radius 1 is 0.828 bits per heavy atom. The number of aromatic hydroxyl groups is 1. The second-order valence-corrected chi connectivity index (χ2v) is 7.61. The van der Waals surface area contributed by atoms with E-state index in [2.05, 4.69) is 28.0 Å². The van der Waals surface area contributed by atoms with Gasteiger partial charge in [-0.15, -0.1) is 0 Å². The number of ether oxygens (including phenoxy) is 1. The molecule has 5 heteroatoms. The van der Waals surface area contributed by atoms with Gasteiger partial charge in [-0.1, -0.05) is 48.0 Å².